The van der Waals surface area contributed by atoms with Gasteiger partial charge in [-0.3, -0.25) is 4.98 Å². The van der Waals surface area contributed by atoms with Crippen molar-refractivity contribution in [3.63, 3.8) is 0 Å². The van der Waals surface area contributed by atoms with E-state index in [9.17, 15) is 14.3 Å². The van der Waals surface area contributed by atoms with Gasteiger partial charge in [-0.2, -0.15) is 0 Å². The normalized spacial score (nSPS) is 16.1. The maximum absolute atomic E-state index is 13.7. The van der Waals surface area contributed by atoms with E-state index in [1.807, 2.05) is 5.01 Å². The van der Waals surface area contributed by atoms with E-state index >= 15 is 0 Å². The summed E-state index contributed by atoms with van der Waals surface area (Å²) in [4.78, 5) is 15.3. The number of aromatic carboxylic acids is 1. The molecule has 0 bridgehead atoms. The standard InChI is InChI=1S/C16H17FN4O3/c1-24-7-6-21-14-3-2-10(17)8-12(14)15(20-21)19-13-9-18-5-4-11(13)16(22)23/h2-5,8-9,15,19-20H,6-7H2,1H3,(H,22,23). The van der Waals surface area contributed by atoms with Gasteiger partial charge in [-0.1, -0.05) is 0 Å². The summed E-state index contributed by atoms with van der Waals surface area (Å²) in [5, 5.41) is 14.2. The average molecular weight is 332 g/mol. The van der Waals surface area contributed by atoms with Crippen molar-refractivity contribution in [1.29, 1.82) is 0 Å². The Labute approximate surface area is 138 Å². The molecule has 1 aromatic carbocycles. The SMILES string of the molecule is COCCN1NC(Nc2cnccc2C(=O)O)c2cc(F)ccc21. The van der Waals surface area contributed by atoms with E-state index in [0.29, 0.717) is 24.4 Å². The van der Waals surface area contributed by atoms with Gasteiger partial charge in [-0.25, -0.2) is 14.6 Å². The molecule has 0 saturated carbocycles. The van der Waals surface area contributed by atoms with Crippen LogP contribution in [0.2, 0.25) is 0 Å². The van der Waals surface area contributed by atoms with E-state index in [0.717, 1.165) is 5.69 Å². The Morgan fingerprint density at radius 3 is 3.08 bits per heavy atom. The number of carboxylic acids is 1. The molecular formula is C16H17FN4O3. The minimum Gasteiger partial charge on any atom is -0.478 e. The number of hydrogen-bond acceptors (Lipinski definition) is 6. The van der Waals surface area contributed by atoms with Gasteiger partial charge in [0.1, 0.15) is 12.0 Å². The highest BCUT2D eigenvalue weighted by Gasteiger charge is 2.29. The predicted molar refractivity (Wildman–Crippen MR) is 86.3 cm³/mol. The molecule has 1 aliphatic heterocycles. The molecule has 1 aromatic heterocycles. The number of rotatable bonds is 6. The smallest absolute Gasteiger partial charge is 0.337 e. The molecule has 3 N–H and O–H groups in total. The molecule has 0 amide bonds. The van der Waals surface area contributed by atoms with Crippen molar-refractivity contribution in [2.45, 2.75) is 6.17 Å². The monoisotopic (exact) mass is 332 g/mol. The van der Waals surface area contributed by atoms with Crippen LogP contribution >= 0.6 is 0 Å². The van der Waals surface area contributed by atoms with Crippen LogP contribution < -0.4 is 15.8 Å². The second-order valence-electron chi connectivity index (χ2n) is 5.28. The Bertz CT molecular complexity index is 756. The average Bonchev–Trinajstić information content (AvgIpc) is 2.90. The summed E-state index contributed by atoms with van der Waals surface area (Å²) in [6.07, 6.45) is 2.37. The number of fused-ring (bicyclic) bond motifs is 1. The summed E-state index contributed by atoms with van der Waals surface area (Å²) < 4.78 is 18.7. The van der Waals surface area contributed by atoms with Crippen molar-refractivity contribution in [2.24, 2.45) is 0 Å². The number of aromatic nitrogens is 1. The predicted octanol–water partition coefficient (Wildman–Crippen LogP) is 2.00. The fourth-order valence-electron chi connectivity index (χ4n) is 2.63. The highest BCUT2D eigenvalue weighted by molar-refractivity contribution is 5.94. The Hall–Kier alpha value is -2.71. The number of carboxylic acid groups (broad SMARTS) is 1. The second-order valence-corrected chi connectivity index (χ2v) is 5.28. The van der Waals surface area contributed by atoms with E-state index in [1.54, 1.807) is 13.2 Å². The third-order valence-electron chi connectivity index (χ3n) is 3.75. The van der Waals surface area contributed by atoms with Crippen LogP contribution in [0.5, 0.6) is 0 Å². The molecule has 0 aliphatic carbocycles. The Balaban J connectivity index is 1.90. The largest absolute Gasteiger partial charge is 0.478 e. The van der Waals surface area contributed by atoms with E-state index in [1.165, 1.54) is 30.6 Å². The summed E-state index contributed by atoms with van der Waals surface area (Å²) in [5.74, 6) is -1.42. The van der Waals surface area contributed by atoms with Gasteiger partial charge in [0.2, 0.25) is 0 Å². The first-order chi connectivity index (χ1) is 11.6. The second kappa shape index (κ2) is 6.81. The maximum Gasteiger partial charge on any atom is 0.337 e. The molecule has 3 rings (SSSR count). The van der Waals surface area contributed by atoms with Gasteiger partial charge in [-0.05, 0) is 24.3 Å². The number of benzene rings is 1. The zero-order chi connectivity index (χ0) is 17.1. The van der Waals surface area contributed by atoms with Crippen LogP contribution in [-0.2, 0) is 4.74 Å². The lowest BCUT2D eigenvalue weighted by Crippen LogP contribution is -2.39. The first-order valence-electron chi connectivity index (χ1n) is 7.36. The number of halogens is 1. The summed E-state index contributed by atoms with van der Waals surface area (Å²) in [5.41, 5.74) is 5.14. The number of carbonyl (C=O) groups is 1. The zero-order valence-electron chi connectivity index (χ0n) is 13.0. The molecule has 0 radical (unpaired) electrons. The van der Waals surface area contributed by atoms with Crippen LogP contribution in [0.15, 0.2) is 36.7 Å². The quantitative estimate of drug-likeness (QED) is 0.746. The number of methoxy groups -OCH3 is 1. The van der Waals surface area contributed by atoms with Crippen LogP contribution in [-0.4, -0.2) is 36.3 Å². The van der Waals surface area contributed by atoms with Gasteiger partial charge >= 0.3 is 5.97 Å². The molecule has 2 aromatic rings. The van der Waals surface area contributed by atoms with Crippen molar-refractivity contribution in [1.82, 2.24) is 10.4 Å². The van der Waals surface area contributed by atoms with Crippen LogP contribution in [0.3, 0.4) is 0 Å². The first-order valence-corrected chi connectivity index (χ1v) is 7.36. The number of hydrazine groups is 1. The number of hydrogen-bond donors (Lipinski definition) is 3. The zero-order valence-corrected chi connectivity index (χ0v) is 13.0. The van der Waals surface area contributed by atoms with Crippen LogP contribution in [0.25, 0.3) is 0 Å². The molecule has 1 atom stereocenters. The first kappa shape index (κ1) is 16.2. The van der Waals surface area contributed by atoms with Crippen LogP contribution in [0, 0.1) is 5.82 Å². The molecule has 7 nitrogen and oxygen atoms in total. The number of anilines is 2. The highest BCUT2D eigenvalue weighted by atomic mass is 19.1. The van der Waals surface area contributed by atoms with Crippen LogP contribution in [0.1, 0.15) is 22.1 Å². The molecule has 1 unspecified atom stereocenters. The highest BCUT2D eigenvalue weighted by Crippen LogP contribution is 2.34. The molecular weight excluding hydrogens is 315 g/mol. The third kappa shape index (κ3) is 3.15. The van der Waals surface area contributed by atoms with Crippen molar-refractivity contribution in [3.05, 3.63) is 53.6 Å². The molecule has 0 saturated heterocycles. The lowest BCUT2D eigenvalue weighted by atomic mass is 10.1. The van der Waals surface area contributed by atoms with Crippen molar-refractivity contribution >= 4 is 17.3 Å². The molecule has 2 heterocycles. The summed E-state index contributed by atoms with van der Waals surface area (Å²) >= 11 is 0. The third-order valence-corrected chi connectivity index (χ3v) is 3.75. The molecule has 24 heavy (non-hydrogen) atoms. The van der Waals surface area contributed by atoms with E-state index in [4.69, 9.17) is 4.74 Å². The lowest BCUT2D eigenvalue weighted by Gasteiger charge is -2.21. The van der Waals surface area contributed by atoms with Gasteiger partial charge in [0.25, 0.3) is 0 Å². The van der Waals surface area contributed by atoms with E-state index < -0.39 is 12.1 Å². The van der Waals surface area contributed by atoms with Gasteiger partial charge in [-0.15, -0.1) is 0 Å². The van der Waals surface area contributed by atoms with Crippen molar-refractivity contribution < 1.29 is 19.0 Å². The van der Waals surface area contributed by atoms with E-state index in [-0.39, 0.29) is 11.4 Å². The van der Waals surface area contributed by atoms with Gasteiger partial charge in [0, 0.05) is 18.9 Å². The molecule has 0 fully saturated rings. The Morgan fingerprint density at radius 1 is 1.50 bits per heavy atom. The molecule has 126 valence electrons. The Kier molecular flexibility index (Phi) is 4.59. The van der Waals surface area contributed by atoms with E-state index in [2.05, 4.69) is 15.7 Å². The molecule has 1 aliphatic rings. The fraction of sp³-hybridized carbons (Fsp3) is 0.250. The van der Waals surface area contributed by atoms with Gasteiger partial charge in [0.15, 0.2) is 0 Å². The number of ether oxygens (including phenoxy) is 1. The fourth-order valence-corrected chi connectivity index (χ4v) is 2.63. The Morgan fingerprint density at radius 2 is 2.33 bits per heavy atom. The molecule has 8 heteroatoms. The minimum absolute atomic E-state index is 0.0973. The van der Waals surface area contributed by atoms with Gasteiger partial charge < -0.3 is 20.2 Å². The summed E-state index contributed by atoms with van der Waals surface area (Å²) in [6.45, 7) is 1.05. The summed E-state index contributed by atoms with van der Waals surface area (Å²) in [6, 6.07) is 5.89. The topological polar surface area (TPSA) is 86.7 Å². The number of pyridine rings is 1. The number of nitrogens with one attached hydrogen (secondary N) is 2. The number of nitrogens with zero attached hydrogens (tertiary/aromatic N) is 2. The van der Waals surface area contributed by atoms with Gasteiger partial charge in [0.05, 0.1) is 36.3 Å². The van der Waals surface area contributed by atoms with Crippen molar-refractivity contribution in [3.8, 4) is 0 Å². The van der Waals surface area contributed by atoms with Crippen molar-refractivity contribution in [2.75, 3.05) is 30.6 Å². The minimum atomic E-state index is -1.06. The van der Waals surface area contributed by atoms with Crippen LogP contribution in [0.4, 0.5) is 15.8 Å². The maximum atomic E-state index is 13.7. The summed E-state index contributed by atoms with van der Waals surface area (Å²) in [7, 11) is 1.60. The molecule has 0 spiro atoms. The lowest BCUT2D eigenvalue weighted by molar-refractivity contribution is 0.0697.